The number of rotatable bonds is 7. The second-order valence-electron chi connectivity index (χ2n) is 5.26. The SMILES string of the molecule is CCN(CC)C(Cn1cc(C)nc1NC)c1ccccc1. The average Bonchev–Trinajstić information content (AvgIpc) is 2.88. The minimum atomic E-state index is 0.363. The Labute approximate surface area is 127 Å². The first kappa shape index (κ1) is 15.6. The first-order valence-electron chi connectivity index (χ1n) is 7.70. The molecule has 2 aromatic rings. The van der Waals surface area contributed by atoms with Crippen molar-refractivity contribution < 1.29 is 0 Å². The summed E-state index contributed by atoms with van der Waals surface area (Å²) < 4.78 is 2.21. The van der Waals surface area contributed by atoms with Crippen LogP contribution in [0.25, 0.3) is 0 Å². The average molecular weight is 286 g/mol. The number of benzene rings is 1. The molecular formula is C17H26N4. The van der Waals surface area contributed by atoms with Crippen molar-refractivity contribution in [3.8, 4) is 0 Å². The van der Waals surface area contributed by atoms with Crippen LogP contribution in [0.1, 0.15) is 31.1 Å². The molecular weight excluding hydrogens is 260 g/mol. The normalized spacial score (nSPS) is 12.6. The quantitative estimate of drug-likeness (QED) is 0.847. The summed E-state index contributed by atoms with van der Waals surface area (Å²) in [4.78, 5) is 7.01. The van der Waals surface area contributed by atoms with Gasteiger partial charge in [-0.05, 0) is 25.6 Å². The fourth-order valence-corrected chi connectivity index (χ4v) is 2.84. The van der Waals surface area contributed by atoms with Gasteiger partial charge in [0.2, 0.25) is 5.95 Å². The van der Waals surface area contributed by atoms with Gasteiger partial charge in [0.15, 0.2) is 0 Å². The third-order valence-electron chi connectivity index (χ3n) is 3.93. The number of nitrogens with one attached hydrogen (secondary N) is 1. The maximum atomic E-state index is 4.52. The molecule has 1 aromatic carbocycles. The molecule has 1 heterocycles. The molecule has 2 rings (SSSR count). The topological polar surface area (TPSA) is 33.1 Å². The largest absolute Gasteiger partial charge is 0.359 e. The molecule has 21 heavy (non-hydrogen) atoms. The van der Waals surface area contributed by atoms with Crippen LogP contribution in [0, 0.1) is 6.92 Å². The molecule has 0 bridgehead atoms. The molecule has 0 saturated carbocycles. The van der Waals surface area contributed by atoms with E-state index in [4.69, 9.17) is 0 Å². The summed E-state index contributed by atoms with van der Waals surface area (Å²) in [6.45, 7) is 9.46. The van der Waals surface area contributed by atoms with Gasteiger partial charge in [-0.15, -0.1) is 0 Å². The molecule has 4 heteroatoms. The Balaban J connectivity index is 2.31. The summed E-state index contributed by atoms with van der Waals surface area (Å²) in [7, 11) is 1.92. The van der Waals surface area contributed by atoms with Crippen molar-refractivity contribution in [2.75, 3.05) is 25.5 Å². The Morgan fingerprint density at radius 3 is 2.43 bits per heavy atom. The number of aromatic nitrogens is 2. The molecule has 1 N–H and O–H groups in total. The van der Waals surface area contributed by atoms with Crippen LogP contribution in [-0.2, 0) is 6.54 Å². The standard InChI is InChI=1S/C17H26N4/c1-5-20(6-2)16(15-10-8-7-9-11-15)13-21-12-14(3)19-17(21)18-4/h7-12,16H,5-6,13H2,1-4H3,(H,18,19). The third-order valence-corrected chi connectivity index (χ3v) is 3.93. The van der Waals surface area contributed by atoms with E-state index in [1.54, 1.807) is 0 Å². The summed E-state index contributed by atoms with van der Waals surface area (Å²) in [5, 5.41) is 3.18. The van der Waals surface area contributed by atoms with Crippen molar-refractivity contribution in [3.05, 3.63) is 47.8 Å². The molecule has 0 aliphatic rings. The molecule has 0 amide bonds. The van der Waals surface area contributed by atoms with Gasteiger partial charge in [0.05, 0.1) is 11.7 Å². The molecule has 0 fully saturated rings. The van der Waals surface area contributed by atoms with Gasteiger partial charge in [0.1, 0.15) is 0 Å². The molecule has 0 spiro atoms. The minimum Gasteiger partial charge on any atom is -0.359 e. The van der Waals surface area contributed by atoms with Gasteiger partial charge < -0.3 is 9.88 Å². The first-order valence-corrected chi connectivity index (χ1v) is 7.70. The highest BCUT2D eigenvalue weighted by Crippen LogP contribution is 2.24. The maximum absolute atomic E-state index is 4.52. The van der Waals surface area contributed by atoms with Crippen LogP contribution in [-0.4, -0.2) is 34.6 Å². The lowest BCUT2D eigenvalue weighted by molar-refractivity contribution is 0.198. The number of imidazole rings is 1. The highest BCUT2D eigenvalue weighted by Gasteiger charge is 2.19. The molecule has 0 saturated heterocycles. The summed E-state index contributed by atoms with van der Waals surface area (Å²) in [5.41, 5.74) is 2.40. The Morgan fingerprint density at radius 1 is 1.19 bits per heavy atom. The number of hydrogen-bond donors (Lipinski definition) is 1. The summed E-state index contributed by atoms with van der Waals surface area (Å²) in [5.74, 6) is 0.931. The molecule has 114 valence electrons. The van der Waals surface area contributed by atoms with E-state index in [0.29, 0.717) is 6.04 Å². The van der Waals surface area contributed by atoms with Crippen molar-refractivity contribution >= 4 is 5.95 Å². The number of anilines is 1. The predicted molar refractivity (Wildman–Crippen MR) is 88.6 cm³/mol. The highest BCUT2D eigenvalue weighted by molar-refractivity contribution is 5.28. The summed E-state index contributed by atoms with van der Waals surface area (Å²) in [6, 6.07) is 11.1. The third kappa shape index (κ3) is 3.64. The van der Waals surface area contributed by atoms with Crippen molar-refractivity contribution in [1.82, 2.24) is 14.5 Å². The predicted octanol–water partition coefficient (Wildman–Crippen LogP) is 3.32. The van der Waals surface area contributed by atoms with E-state index >= 15 is 0 Å². The summed E-state index contributed by atoms with van der Waals surface area (Å²) in [6.07, 6.45) is 2.12. The lowest BCUT2D eigenvalue weighted by atomic mass is 10.1. The fourth-order valence-electron chi connectivity index (χ4n) is 2.84. The van der Waals surface area contributed by atoms with Crippen LogP contribution >= 0.6 is 0 Å². The fraction of sp³-hybridized carbons (Fsp3) is 0.471. The number of nitrogens with zero attached hydrogens (tertiary/aromatic N) is 3. The van der Waals surface area contributed by atoms with Crippen LogP contribution in [0.15, 0.2) is 36.5 Å². The number of hydrogen-bond acceptors (Lipinski definition) is 3. The van der Waals surface area contributed by atoms with E-state index in [1.165, 1.54) is 5.56 Å². The van der Waals surface area contributed by atoms with Gasteiger partial charge in [-0.3, -0.25) is 4.90 Å². The molecule has 4 nitrogen and oxygen atoms in total. The molecule has 1 unspecified atom stereocenters. The summed E-state index contributed by atoms with van der Waals surface area (Å²) >= 11 is 0. The van der Waals surface area contributed by atoms with Crippen molar-refractivity contribution in [2.24, 2.45) is 0 Å². The van der Waals surface area contributed by atoms with Crippen molar-refractivity contribution in [2.45, 2.75) is 33.4 Å². The molecule has 1 atom stereocenters. The van der Waals surface area contributed by atoms with E-state index in [0.717, 1.165) is 31.3 Å². The smallest absolute Gasteiger partial charge is 0.202 e. The Bertz CT molecular complexity index is 543. The van der Waals surface area contributed by atoms with Crippen LogP contribution in [0.5, 0.6) is 0 Å². The Kier molecular flexibility index (Phi) is 5.39. The van der Waals surface area contributed by atoms with Crippen LogP contribution in [0.2, 0.25) is 0 Å². The van der Waals surface area contributed by atoms with Crippen LogP contribution in [0.3, 0.4) is 0 Å². The van der Waals surface area contributed by atoms with Gasteiger partial charge in [-0.2, -0.15) is 0 Å². The lowest BCUT2D eigenvalue weighted by Gasteiger charge is -2.30. The second kappa shape index (κ2) is 7.27. The monoisotopic (exact) mass is 286 g/mol. The van der Waals surface area contributed by atoms with Crippen molar-refractivity contribution in [3.63, 3.8) is 0 Å². The van der Waals surface area contributed by atoms with Gasteiger partial charge in [0, 0.05) is 19.8 Å². The van der Waals surface area contributed by atoms with Crippen molar-refractivity contribution in [1.29, 1.82) is 0 Å². The van der Waals surface area contributed by atoms with E-state index in [9.17, 15) is 0 Å². The first-order chi connectivity index (χ1) is 10.2. The van der Waals surface area contributed by atoms with Gasteiger partial charge in [0.25, 0.3) is 0 Å². The zero-order valence-electron chi connectivity index (χ0n) is 13.5. The van der Waals surface area contributed by atoms with E-state index < -0.39 is 0 Å². The second-order valence-corrected chi connectivity index (χ2v) is 5.26. The van der Waals surface area contributed by atoms with Gasteiger partial charge in [-0.1, -0.05) is 44.2 Å². The van der Waals surface area contributed by atoms with Crippen LogP contribution < -0.4 is 5.32 Å². The van der Waals surface area contributed by atoms with E-state index in [2.05, 4.69) is 70.1 Å². The Hall–Kier alpha value is -1.81. The lowest BCUT2D eigenvalue weighted by Crippen LogP contribution is -2.31. The number of likely N-dealkylation sites (N-methyl/N-ethyl adjacent to an activating group) is 1. The molecule has 0 aliphatic carbocycles. The Morgan fingerprint density at radius 2 is 1.86 bits per heavy atom. The van der Waals surface area contributed by atoms with Crippen LogP contribution in [0.4, 0.5) is 5.95 Å². The van der Waals surface area contributed by atoms with Gasteiger partial charge in [-0.25, -0.2) is 4.98 Å². The van der Waals surface area contributed by atoms with E-state index in [-0.39, 0.29) is 0 Å². The van der Waals surface area contributed by atoms with E-state index in [1.807, 2.05) is 14.0 Å². The number of aryl methyl sites for hydroxylation is 1. The van der Waals surface area contributed by atoms with Gasteiger partial charge >= 0.3 is 0 Å². The molecule has 0 aliphatic heterocycles. The zero-order chi connectivity index (χ0) is 15.2. The molecule has 0 radical (unpaired) electrons. The maximum Gasteiger partial charge on any atom is 0.202 e. The minimum absolute atomic E-state index is 0.363. The highest BCUT2D eigenvalue weighted by atomic mass is 15.2. The zero-order valence-corrected chi connectivity index (χ0v) is 13.5. The molecule has 1 aromatic heterocycles.